The van der Waals surface area contributed by atoms with Gasteiger partial charge < -0.3 is 4.74 Å². The Morgan fingerprint density at radius 3 is 2.60 bits per heavy atom. The van der Waals surface area contributed by atoms with Gasteiger partial charge in [-0.25, -0.2) is 0 Å². The highest BCUT2D eigenvalue weighted by atomic mass is 32.1. The van der Waals surface area contributed by atoms with Crippen molar-refractivity contribution in [3.8, 4) is 0 Å². The van der Waals surface area contributed by atoms with Gasteiger partial charge in [-0.2, -0.15) is 0 Å². The van der Waals surface area contributed by atoms with Gasteiger partial charge in [0, 0.05) is 17.2 Å². The van der Waals surface area contributed by atoms with Crippen molar-refractivity contribution in [3.63, 3.8) is 0 Å². The largest absolute Gasteiger partial charge is 0.466 e. The molecule has 0 spiro atoms. The van der Waals surface area contributed by atoms with E-state index in [1.54, 1.807) is 6.92 Å². The van der Waals surface area contributed by atoms with Crippen LogP contribution in [-0.4, -0.2) is 23.2 Å². The Kier molecular flexibility index (Phi) is 4.39. The Balaban J connectivity index is 2.64. The lowest BCUT2D eigenvalue weighted by atomic mass is 9.79. The monoisotopic (exact) mass is 228 g/mol. The molecule has 0 amide bonds. The molecule has 1 saturated carbocycles. The Hall–Kier alpha value is -0.770. The molecule has 2 atom stereocenters. The van der Waals surface area contributed by atoms with Gasteiger partial charge in [-0.15, -0.1) is 0 Å². The zero-order valence-electron chi connectivity index (χ0n) is 9.12. The van der Waals surface area contributed by atoms with Crippen LogP contribution in [0.15, 0.2) is 0 Å². The molecule has 4 heteroatoms. The maximum Gasteiger partial charge on any atom is 0.309 e. The van der Waals surface area contributed by atoms with E-state index in [4.69, 9.17) is 17.0 Å². The van der Waals surface area contributed by atoms with Gasteiger partial charge in [0.05, 0.1) is 12.5 Å². The Bertz CT molecular complexity index is 268. The quantitative estimate of drug-likeness (QED) is 0.547. The summed E-state index contributed by atoms with van der Waals surface area (Å²) in [5.74, 6) is -0.659. The highest BCUT2D eigenvalue weighted by Gasteiger charge is 2.35. The molecule has 0 aromatic carbocycles. The van der Waals surface area contributed by atoms with Crippen LogP contribution in [0.4, 0.5) is 0 Å². The number of carbonyl (C=O) groups is 2. The zero-order valence-corrected chi connectivity index (χ0v) is 9.93. The summed E-state index contributed by atoms with van der Waals surface area (Å²) in [6.07, 6.45) is 1.56. The molecule has 1 aliphatic rings. The van der Waals surface area contributed by atoms with Gasteiger partial charge in [0.2, 0.25) is 0 Å². The number of ketones is 1. The fourth-order valence-electron chi connectivity index (χ4n) is 1.90. The molecule has 1 aliphatic carbocycles. The van der Waals surface area contributed by atoms with Crippen LogP contribution in [-0.2, 0) is 14.3 Å². The third-order valence-corrected chi connectivity index (χ3v) is 3.15. The van der Waals surface area contributed by atoms with Crippen molar-refractivity contribution in [3.05, 3.63) is 0 Å². The second-order valence-electron chi connectivity index (χ2n) is 3.75. The SMILES string of the molecule is CCOC(=O)C1CC(=O)C(CC)C(=S)C1. The van der Waals surface area contributed by atoms with E-state index in [-0.39, 0.29) is 30.0 Å². The van der Waals surface area contributed by atoms with Crippen LogP contribution in [0.3, 0.4) is 0 Å². The lowest BCUT2D eigenvalue weighted by molar-refractivity contribution is -0.150. The molecule has 15 heavy (non-hydrogen) atoms. The number of rotatable bonds is 3. The number of thiocarbonyl (C=S) groups is 1. The number of Topliss-reactive ketones (excluding diaryl/α,β-unsaturated/α-hetero) is 1. The first-order chi connectivity index (χ1) is 7.10. The van der Waals surface area contributed by atoms with E-state index < -0.39 is 0 Å². The molecule has 0 aromatic rings. The molecule has 0 bridgehead atoms. The van der Waals surface area contributed by atoms with Crippen LogP contribution >= 0.6 is 12.2 Å². The first kappa shape index (κ1) is 12.3. The van der Waals surface area contributed by atoms with Crippen LogP contribution < -0.4 is 0 Å². The van der Waals surface area contributed by atoms with E-state index in [1.807, 2.05) is 6.92 Å². The maximum absolute atomic E-state index is 11.7. The van der Waals surface area contributed by atoms with Gasteiger partial charge in [-0.3, -0.25) is 9.59 Å². The molecule has 2 unspecified atom stereocenters. The van der Waals surface area contributed by atoms with Crippen molar-refractivity contribution in [1.82, 2.24) is 0 Å². The highest BCUT2D eigenvalue weighted by Crippen LogP contribution is 2.27. The molecule has 0 aliphatic heterocycles. The van der Waals surface area contributed by atoms with E-state index in [2.05, 4.69) is 0 Å². The van der Waals surface area contributed by atoms with Gasteiger partial charge in [0.15, 0.2) is 0 Å². The highest BCUT2D eigenvalue weighted by molar-refractivity contribution is 7.80. The number of carbonyl (C=O) groups excluding carboxylic acids is 2. The van der Waals surface area contributed by atoms with Crippen molar-refractivity contribution in [2.75, 3.05) is 6.61 Å². The second-order valence-corrected chi connectivity index (χ2v) is 4.28. The maximum atomic E-state index is 11.7. The predicted octanol–water partition coefficient (Wildman–Crippen LogP) is 1.92. The first-order valence-electron chi connectivity index (χ1n) is 5.32. The minimum Gasteiger partial charge on any atom is -0.466 e. The molecule has 0 N–H and O–H groups in total. The number of ether oxygens (including phenoxy) is 1. The van der Waals surface area contributed by atoms with Gasteiger partial charge >= 0.3 is 5.97 Å². The average molecular weight is 228 g/mol. The van der Waals surface area contributed by atoms with Crippen molar-refractivity contribution in [2.24, 2.45) is 11.8 Å². The van der Waals surface area contributed by atoms with Gasteiger partial charge in [-0.1, -0.05) is 19.1 Å². The normalized spacial score (nSPS) is 26.5. The number of esters is 1. The fourth-order valence-corrected chi connectivity index (χ4v) is 2.40. The molecule has 0 radical (unpaired) electrons. The summed E-state index contributed by atoms with van der Waals surface area (Å²) in [7, 11) is 0. The summed E-state index contributed by atoms with van der Waals surface area (Å²) >= 11 is 5.16. The molecule has 0 saturated heterocycles. The molecule has 0 aromatic heterocycles. The van der Waals surface area contributed by atoms with Gasteiger partial charge in [-0.05, 0) is 19.8 Å². The summed E-state index contributed by atoms with van der Waals surface area (Å²) in [6, 6.07) is 0. The van der Waals surface area contributed by atoms with Crippen molar-refractivity contribution in [2.45, 2.75) is 33.1 Å². The summed E-state index contributed by atoms with van der Waals surface area (Å²) in [6.45, 7) is 4.06. The van der Waals surface area contributed by atoms with Crippen molar-refractivity contribution in [1.29, 1.82) is 0 Å². The van der Waals surface area contributed by atoms with E-state index in [1.165, 1.54) is 0 Å². The third-order valence-electron chi connectivity index (χ3n) is 2.70. The smallest absolute Gasteiger partial charge is 0.309 e. The summed E-state index contributed by atoms with van der Waals surface area (Å²) in [5, 5.41) is 0. The summed E-state index contributed by atoms with van der Waals surface area (Å²) in [4.78, 5) is 23.8. The van der Waals surface area contributed by atoms with E-state index in [0.717, 1.165) is 6.42 Å². The topological polar surface area (TPSA) is 43.4 Å². The zero-order chi connectivity index (χ0) is 11.4. The lowest BCUT2D eigenvalue weighted by Crippen LogP contribution is -2.35. The van der Waals surface area contributed by atoms with Crippen molar-refractivity contribution < 1.29 is 14.3 Å². The van der Waals surface area contributed by atoms with Gasteiger partial charge in [0.25, 0.3) is 0 Å². The van der Waals surface area contributed by atoms with Crippen LogP contribution in [0.25, 0.3) is 0 Å². The molecule has 1 fully saturated rings. The molecular weight excluding hydrogens is 212 g/mol. The minimum absolute atomic E-state index is 0.0896. The Morgan fingerprint density at radius 1 is 1.47 bits per heavy atom. The van der Waals surface area contributed by atoms with Crippen LogP contribution in [0.5, 0.6) is 0 Å². The molecule has 84 valence electrons. The summed E-state index contributed by atoms with van der Waals surface area (Å²) in [5.41, 5.74) is 0. The molecular formula is C11H16O3S. The van der Waals surface area contributed by atoms with Crippen LogP contribution in [0, 0.1) is 11.8 Å². The Morgan fingerprint density at radius 2 is 2.13 bits per heavy atom. The van der Waals surface area contributed by atoms with E-state index in [9.17, 15) is 9.59 Å². The standard InChI is InChI=1S/C11H16O3S/c1-3-8-9(12)5-7(6-10(8)15)11(13)14-4-2/h7-8H,3-6H2,1-2H3. The van der Waals surface area contributed by atoms with E-state index in [0.29, 0.717) is 17.9 Å². The lowest BCUT2D eigenvalue weighted by Gasteiger charge is -2.26. The number of hydrogen-bond acceptors (Lipinski definition) is 4. The first-order valence-corrected chi connectivity index (χ1v) is 5.73. The van der Waals surface area contributed by atoms with Crippen molar-refractivity contribution >= 4 is 28.8 Å². The van der Waals surface area contributed by atoms with Crippen LogP contribution in [0.2, 0.25) is 0 Å². The summed E-state index contributed by atoms with van der Waals surface area (Å²) < 4.78 is 4.90. The Labute approximate surface area is 95.2 Å². The molecule has 3 nitrogen and oxygen atoms in total. The molecule has 1 rings (SSSR count). The predicted molar refractivity (Wildman–Crippen MR) is 60.7 cm³/mol. The van der Waals surface area contributed by atoms with Gasteiger partial charge in [0.1, 0.15) is 5.78 Å². The average Bonchev–Trinajstić information content (AvgIpc) is 2.17. The minimum atomic E-state index is -0.340. The van der Waals surface area contributed by atoms with E-state index >= 15 is 0 Å². The molecule has 0 heterocycles. The van der Waals surface area contributed by atoms with Crippen LogP contribution in [0.1, 0.15) is 33.1 Å². The fraction of sp³-hybridized carbons (Fsp3) is 0.727. The number of hydrogen-bond donors (Lipinski definition) is 0. The third kappa shape index (κ3) is 2.84. The second kappa shape index (κ2) is 5.35.